The van der Waals surface area contributed by atoms with E-state index in [0.29, 0.717) is 12.3 Å². The highest BCUT2D eigenvalue weighted by Crippen LogP contribution is 2.19. The predicted octanol–water partition coefficient (Wildman–Crippen LogP) is -0.134. The minimum Gasteiger partial charge on any atom is -0.480 e. The van der Waals surface area contributed by atoms with Crippen LogP contribution >= 0.6 is 0 Å². The van der Waals surface area contributed by atoms with Gasteiger partial charge in [-0.25, -0.2) is 4.98 Å². The number of carbonyl (C=O) groups is 2. The molecule has 1 saturated heterocycles. The SMILES string of the molecule is COCCN1CC[C@H](NC(=O)C(=O)Nc2cccnc2OC)C1. The van der Waals surface area contributed by atoms with Crippen molar-refractivity contribution in [3.05, 3.63) is 18.3 Å². The number of nitrogens with one attached hydrogen (secondary N) is 2. The molecule has 0 spiro atoms. The van der Waals surface area contributed by atoms with Gasteiger partial charge in [-0.2, -0.15) is 0 Å². The zero-order chi connectivity index (χ0) is 16.7. The van der Waals surface area contributed by atoms with Crippen LogP contribution in [-0.2, 0) is 14.3 Å². The van der Waals surface area contributed by atoms with E-state index in [1.54, 1.807) is 25.4 Å². The first-order chi connectivity index (χ1) is 11.1. The van der Waals surface area contributed by atoms with Gasteiger partial charge in [0.1, 0.15) is 5.69 Å². The number of hydrogen-bond acceptors (Lipinski definition) is 6. The highest BCUT2D eigenvalue weighted by Gasteiger charge is 2.26. The van der Waals surface area contributed by atoms with Crippen molar-refractivity contribution in [1.29, 1.82) is 0 Å². The molecule has 0 bridgehead atoms. The Kier molecular flexibility index (Phi) is 6.30. The van der Waals surface area contributed by atoms with Gasteiger partial charge < -0.3 is 20.1 Å². The van der Waals surface area contributed by atoms with E-state index in [4.69, 9.17) is 9.47 Å². The summed E-state index contributed by atoms with van der Waals surface area (Å²) in [4.78, 5) is 30.1. The summed E-state index contributed by atoms with van der Waals surface area (Å²) in [5.41, 5.74) is 0.364. The smallest absolute Gasteiger partial charge is 0.313 e. The van der Waals surface area contributed by atoms with E-state index < -0.39 is 11.8 Å². The Morgan fingerprint density at radius 2 is 2.22 bits per heavy atom. The number of aromatic nitrogens is 1. The summed E-state index contributed by atoms with van der Waals surface area (Å²) in [7, 11) is 3.11. The molecule has 2 heterocycles. The summed E-state index contributed by atoms with van der Waals surface area (Å²) in [6.45, 7) is 3.08. The highest BCUT2D eigenvalue weighted by molar-refractivity contribution is 6.39. The lowest BCUT2D eigenvalue weighted by molar-refractivity contribution is -0.136. The van der Waals surface area contributed by atoms with Crippen molar-refractivity contribution in [2.24, 2.45) is 0 Å². The molecule has 8 heteroatoms. The Bertz CT molecular complexity index is 552. The van der Waals surface area contributed by atoms with Crippen molar-refractivity contribution in [3.8, 4) is 5.88 Å². The summed E-state index contributed by atoms with van der Waals surface area (Å²) >= 11 is 0. The van der Waals surface area contributed by atoms with Gasteiger partial charge in [0.25, 0.3) is 0 Å². The van der Waals surface area contributed by atoms with Gasteiger partial charge in [0.15, 0.2) is 0 Å². The average molecular weight is 322 g/mol. The van der Waals surface area contributed by atoms with Gasteiger partial charge in [-0.15, -0.1) is 0 Å². The van der Waals surface area contributed by atoms with Gasteiger partial charge in [0.05, 0.1) is 13.7 Å². The van der Waals surface area contributed by atoms with Crippen LogP contribution in [0.4, 0.5) is 5.69 Å². The first-order valence-corrected chi connectivity index (χ1v) is 7.46. The van der Waals surface area contributed by atoms with Crippen LogP contribution in [0.1, 0.15) is 6.42 Å². The molecule has 0 aliphatic carbocycles. The number of carbonyl (C=O) groups excluding carboxylic acids is 2. The Hall–Kier alpha value is -2.19. The number of amides is 2. The molecule has 1 aliphatic rings. The molecule has 1 aliphatic heterocycles. The Labute approximate surface area is 135 Å². The van der Waals surface area contributed by atoms with Crippen LogP contribution in [0.25, 0.3) is 0 Å². The van der Waals surface area contributed by atoms with Crippen molar-refractivity contribution in [1.82, 2.24) is 15.2 Å². The van der Waals surface area contributed by atoms with Crippen molar-refractivity contribution in [2.75, 3.05) is 45.8 Å². The van der Waals surface area contributed by atoms with Crippen molar-refractivity contribution in [2.45, 2.75) is 12.5 Å². The summed E-state index contributed by atoms with van der Waals surface area (Å²) < 4.78 is 10.1. The molecule has 2 amide bonds. The number of pyridine rings is 1. The van der Waals surface area contributed by atoms with E-state index in [9.17, 15) is 9.59 Å². The number of nitrogens with zero attached hydrogens (tertiary/aromatic N) is 2. The second-order valence-corrected chi connectivity index (χ2v) is 5.27. The molecule has 2 rings (SSSR count). The van der Waals surface area contributed by atoms with Gasteiger partial charge in [0.2, 0.25) is 5.88 Å². The van der Waals surface area contributed by atoms with E-state index in [2.05, 4.69) is 20.5 Å². The number of ether oxygens (including phenoxy) is 2. The van der Waals surface area contributed by atoms with E-state index >= 15 is 0 Å². The Morgan fingerprint density at radius 1 is 1.39 bits per heavy atom. The third-order valence-corrected chi connectivity index (χ3v) is 3.64. The maximum Gasteiger partial charge on any atom is 0.313 e. The molecule has 8 nitrogen and oxygen atoms in total. The molecular weight excluding hydrogens is 300 g/mol. The summed E-state index contributed by atoms with van der Waals surface area (Å²) in [5, 5.41) is 5.26. The summed E-state index contributed by atoms with van der Waals surface area (Å²) in [6, 6.07) is 3.25. The normalized spacial score (nSPS) is 17.7. The zero-order valence-electron chi connectivity index (χ0n) is 13.4. The molecule has 0 radical (unpaired) electrons. The van der Waals surface area contributed by atoms with Crippen molar-refractivity contribution < 1.29 is 19.1 Å². The van der Waals surface area contributed by atoms with Gasteiger partial charge >= 0.3 is 11.8 Å². The predicted molar refractivity (Wildman–Crippen MR) is 84.3 cm³/mol. The monoisotopic (exact) mass is 322 g/mol. The van der Waals surface area contributed by atoms with Crippen LogP contribution in [0.15, 0.2) is 18.3 Å². The van der Waals surface area contributed by atoms with E-state index in [1.807, 2.05) is 0 Å². The number of anilines is 1. The maximum atomic E-state index is 12.0. The fourth-order valence-corrected chi connectivity index (χ4v) is 2.45. The third kappa shape index (κ3) is 4.90. The Morgan fingerprint density at radius 3 is 2.96 bits per heavy atom. The Balaban J connectivity index is 1.83. The van der Waals surface area contributed by atoms with E-state index in [-0.39, 0.29) is 11.9 Å². The van der Waals surface area contributed by atoms with Crippen LogP contribution in [0.3, 0.4) is 0 Å². The van der Waals surface area contributed by atoms with Crippen molar-refractivity contribution in [3.63, 3.8) is 0 Å². The number of likely N-dealkylation sites (tertiary alicyclic amines) is 1. The second kappa shape index (κ2) is 8.44. The first-order valence-electron chi connectivity index (χ1n) is 7.46. The number of rotatable bonds is 6. The molecule has 23 heavy (non-hydrogen) atoms. The van der Waals surface area contributed by atoms with Crippen LogP contribution in [0, 0.1) is 0 Å². The molecule has 1 atom stereocenters. The maximum absolute atomic E-state index is 12.0. The van der Waals surface area contributed by atoms with E-state index in [1.165, 1.54) is 7.11 Å². The minimum absolute atomic E-state index is 0.0269. The molecule has 0 aromatic carbocycles. The fourth-order valence-electron chi connectivity index (χ4n) is 2.45. The quantitative estimate of drug-likeness (QED) is 0.709. The molecule has 1 aromatic heterocycles. The summed E-state index contributed by atoms with van der Waals surface area (Å²) in [6.07, 6.45) is 2.36. The van der Waals surface area contributed by atoms with Gasteiger partial charge in [-0.3, -0.25) is 14.5 Å². The fraction of sp³-hybridized carbons (Fsp3) is 0.533. The molecule has 2 N–H and O–H groups in total. The minimum atomic E-state index is -0.730. The highest BCUT2D eigenvalue weighted by atomic mass is 16.5. The summed E-state index contributed by atoms with van der Waals surface area (Å²) in [5.74, 6) is -1.12. The lowest BCUT2D eigenvalue weighted by Gasteiger charge is -2.16. The van der Waals surface area contributed by atoms with Crippen LogP contribution in [0.2, 0.25) is 0 Å². The molecule has 0 unspecified atom stereocenters. The van der Waals surface area contributed by atoms with Crippen LogP contribution in [-0.4, -0.2) is 68.2 Å². The topological polar surface area (TPSA) is 92.8 Å². The standard InChI is InChI=1S/C15H22N4O4/c1-22-9-8-19-7-5-11(10-19)17-13(20)14(21)18-12-4-3-6-16-15(12)23-2/h3-4,6,11H,5,7-10H2,1-2H3,(H,17,20)(H,18,21)/t11-/m0/s1. The molecular formula is C15H22N4O4. The zero-order valence-corrected chi connectivity index (χ0v) is 13.4. The number of hydrogen-bond donors (Lipinski definition) is 2. The molecule has 1 fully saturated rings. The lowest BCUT2D eigenvalue weighted by atomic mass is 10.2. The molecule has 1 aromatic rings. The average Bonchev–Trinajstić information content (AvgIpc) is 3.00. The largest absolute Gasteiger partial charge is 0.480 e. The first kappa shape index (κ1) is 17.2. The van der Waals surface area contributed by atoms with Crippen LogP contribution in [0.5, 0.6) is 5.88 Å². The van der Waals surface area contributed by atoms with Gasteiger partial charge in [-0.1, -0.05) is 0 Å². The molecule has 0 saturated carbocycles. The van der Waals surface area contributed by atoms with Gasteiger partial charge in [-0.05, 0) is 18.6 Å². The van der Waals surface area contributed by atoms with E-state index in [0.717, 1.165) is 26.1 Å². The number of methoxy groups -OCH3 is 2. The molecule has 126 valence electrons. The second-order valence-electron chi connectivity index (χ2n) is 5.27. The van der Waals surface area contributed by atoms with Crippen LogP contribution < -0.4 is 15.4 Å². The lowest BCUT2D eigenvalue weighted by Crippen LogP contribution is -2.43. The third-order valence-electron chi connectivity index (χ3n) is 3.64. The van der Waals surface area contributed by atoms with Gasteiger partial charge in [0, 0.05) is 39.0 Å². The van der Waals surface area contributed by atoms with Crippen molar-refractivity contribution >= 4 is 17.5 Å².